The lowest BCUT2D eigenvalue weighted by Crippen LogP contribution is -2.15. The van der Waals surface area contributed by atoms with Gasteiger partial charge < -0.3 is 10.5 Å². The van der Waals surface area contributed by atoms with Crippen molar-refractivity contribution in [2.24, 2.45) is 5.73 Å². The minimum absolute atomic E-state index is 0.0546. The number of thioether (sulfide) groups is 1. The average Bonchev–Trinajstić information content (AvgIpc) is 2.39. The van der Waals surface area contributed by atoms with E-state index >= 15 is 0 Å². The van der Waals surface area contributed by atoms with Gasteiger partial charge in [0.2, 0.25) is 0 Å². The lowest BCUT2D eigenvalue weighted by atomic mass is 10.2. The molecular weight excluding hydrogens is 314 g/mol. The summed E-state index contributed by atoms with van der Waals surface area (Å²) in [4.78, 5) is 12.2. The highest BCUT2D eigenvalue weighted by atomic mass is 79.9. The molecule has 0 saturated heterocycles. The van der Waals surface area contributed by atoms with Crippen molar-refractivity contribution in [2.45, 2.75) is 6.92 Å². The van der Waals surface area contributed by atoms with Crippen molar-refractivity contribution in [2.75, 3.05) is 6.61 Å². The first-order valence-electron chi connectivity index (χ1n) is 5.30. The molecule has 0 atom stereocenters. The number of carbonyl (C=O) groups is 1. The predicted octanol–water partition coefficient (Wildman–Crippen LogP) is 3.48. The van der Waals surface area contributed by atoms with Crippen LogP contribution in [0.3, 0.4) is 0 Å². The molecular formula is C13H14BrNO2S. The SMILES string of the molecule is C=C(S/C(Br)=C(\N)C(=O)OCC)c1ccccc1. The maximum Gasteiger partial charge on any atom is 0.355 e. The third kappa shape index (κ3) is 4.23. The summed E-state index contributed by atoms with van der Waals surface area (Å²) in [6, 6.07) is 9.66. The molecule has 0 aliphatic rings. The number of hydrogen-bond donors (Lipinski definition) is 1. The zero-order chi connectivity index (χ0) is 13.5. The summed E-state index contributed by atoms with van der Waals surface area (Å²) in [5, 5.41) is 0. The molecule has 1 rings (SSSR count). The van der Waals surface area contributed by atoms with Gasteiger partial charge in [0.1, 0.15) is 5.70 Å². The summed E-state index contributed by atoms with van der Waals surface area (Å²) in [6.45, 7) is 5.97. The lowest BCUT2D eigenvalue weighted by Gasteiger charge is -2.07. The highest BCUT2D eigenvalue weighted by Gasteiger charge is 2.13. The van der Waals surface area contributed by atoms with Crippen molar-refractivity contribution in [3.8, 4) is 0 Å². The molecule has 0 fully saturated rings. The molecule has 18 heavy (non-hydrogen) atoms. The van der Waals surface area contributed by atoms with Crippen LogP contribution in [0.2, 0.25) is 0 Å². The fraction of sp³-hybridized carbons (Fsp3) is 0.154. The Labute approximate surface area is 119 Å². The molecule has 0 heterocycles. The summed E-state index contributed by atoms with van der Waals surface area (Å²) in [5.41, 5.74) is 6.71. The van der Waals surface area contributed by atoms with Crippen molar-refractivity contribution >= 4 is 38.6 Å². The van der Waals surface area contributed by atoms with Gasteiger partial charge in [-0.15, -0.1) is 0 Å². The van der Waals surface area contributed by atoms with Crippen molar-refractivity contribution in [3.05, 3.63) is 52.0 Å². The second-order valence-corrected chi connectivity index (χ2v) is 5.72. The Balaban J connectivity index is 2.75. The Hall–Kier alpha value is -1.20. The molecule has 1 aromatic rings. The molecule has 0 radical (unpaired) electrons. The van der Waals surface area contributed by atoms with Gasteiger partial charge in [0.05, 0.1) is 10.4 Å². The fourth-order valence-corrected chi connectivity index (χ4v) is 2.55. The van der Waals surface area contributed by atoms with Crippen LogP contribution in [0.4, 0.5) is 0 Å². The van der Waals surface area contributed by atoms with Gasteiger partial charge >= 0.3 is 5.97 Å². The molecule has 3 nitrogen and oxygen atoms in total. The zero-order valence-electron chi connectivity index (χ0n) is 9.98. The number of carbonyl (C=O) groups excluding carboxylic acids is 1. The van der Waals surface area contributed by atoms with Crippen LogP contribution in [0.15, 0.2) is 46.4 Å². The predicted molar refractivity (Wildman–Crippen MR) is 79.8 cm³/mol. The van der Waals surface area contributed by atoms with E-state index in [1.165, 1.54) is 11.8 Å². The quantitative estimate of drug-likeness (QED) is 0.664. The second-order valence-electron chi connectivity index (χ2n) is 3.30. The lowest BCUT2D eigenvalue weighted by molar-refractivity contribution is -0.138. The first-order chi connectivity index (χ1) is 8.56. The molecule has 5 heteroatoms. The van der Waals surface area contributed by atoms with Crippen LogP contribution in [0.5, 0.6) is 0 Å². The molecule has 0 aliphatic heterocycles. The van der Waals surface area contributed by atoms with E-state index in [1.54, 1.807) is 6.92 Å². The number of nitrogens with two attached hydrogens (primary N) is 1. The van der Waals surface area contributed by atoms with E-state index in [1.807, 2.05) is 30.3 Å². The van der Waals surface area contributed by atoms with Crippen LogP contribution in [0.1, 0.15) is 12.5 Å². The highest BCUT2D eigenvalue weighted by molar-refractivity contribution is 9.14. The largest absolute Gasteiger partial charge is 0.461 e. The van der Waals surface area contributed by atoms with Crippen LogP contribution in [0, 0.1) is 0 Å². The van der Waals surface area contributed by atoms with E-state index < -0.39 is 5.97 Å². The minimum Gasteiger partial charge on any atom is -0.461 e. The number of hydrogen-bond acceptors (Lipinski definition) is 4. The van der Waals surface area contributed by atoms with Crippen molar-refractivity contribution < 1.29 is 9.53 Å². The summed E-state index contributed by atoms with van der Waals surface area (Å²) in [7, 11) is 0. The average molecular weight is 328 g/mol. The van der Waals surface area contributed by atoms with E-state index in [4.69, 9.17) is 10.5 Å². The fourth-order valence-electron chi connectivity index (χ4n) is 1.14. The van der Waals surface area contributed by atoms with E-state index in [0.717, 1.165) is 10.5 Å². The normalized spacial score (nSPS) is 11.7. The van der Waals surface area contributed by atoms with Gasteiger partial charge in [-0.3, -0.25) is 0 Å². The van der Waals surface area contributed by atoms with Gasteiger partial charge in [-0.25, -0.2) is 4.79 Å². The monoisotopic (exact) mass is 327 g/mol. The molecule has 1 aromatic carbocycles. The molecule has 0 amide bonds. The Bertz CT molecular complexity index is 471. The Morgan fingerprint density at radius 1 is 1.44 bits per heavy atom. The topological polar surface area (TPSA) is 52.3 Å². The molecule has 0 aromatic heterocycles. The molecule has 0 bridgehead atoms. The van der Waals surface area contributed by atoms with Crippen LogP contribution in [0.25, 0.3) is 4.91 Å². The van der Waals surface area contributed by atoms with Crippen LogP contribution in [-0.2, 0) is 9.53 Å². The maximum atomic E-state index is 11.4. The molecule has 0 spiro atoms. The first kappa shape index (κ1) is 14.9. The third-order valence-electron chi connectivity index (χ3n) is 2.02. The van der Waals surface area contributed by atoms with Gasteiger partial charge in [-0.2, -0.15) is 0 Å². The Kier molecular flexibility index (Phi) is 6.01. The van der Waals surface area contributed by atoms with E-state index in [2.05, 4.69) is 22.5 Å². The molecule has 0 saturated carbocycles. The number of halogens is 1. The van der Waals surface area contributed by atoms with Crippen molar-refractivity contribution in [1.29, 1.82) is 0 Å². The van der Waals surface area contributed by atoms with E-state index in [0.29, 0.717) is 10.4 Å². The number of esters is 1. The molecule has 2 N–H and O–H groups in total. The number of rotatable bonds is 5. The van der Waals surface area contributed by atoms with Crippen LogP contribution < -0.4 is 5.73 Å². The van der Waals surface area contributed by atoms with Crippen molar-refractivity contribution in [1.82, 2.24) is 0 Å². The van der Waals surface area contributed by atoms with Gasteiger partial charge in [0, 0.05) is 4.91 Å². The maximum absolute atomic E-state index is 11.4. The van der Waals surface area contributed by atoms with Crippen LogP contribution >= 0.6 is 27.7 Å². The number of ether oxygens (including phenoxy) is 1. The molecule has 0 aliphatic carbocycles. The minimum atomic E-state index is -0.530. The number of benzene rings is 1. The highest BCUT2D eigenvalue weighted by Crippen LogP contribution is 2.36. The smallest absolute Gasteiger partial charge is 0.355 e. The summed E-state index contributed by atoms with van der Waals surface area (Å²) >= 11 is 4.56. The van der Waals surface area contributed by atoms with E-state index in [9.17, 15) is 4.79 Å². The standard InChI is InChI=1S/C13H14BrNO2S/c1-3-17-13(16)11(15)12(14)18-9(2)10-7-5-4-6-8-10/h4-8H,2-3,15H2,1H3/b12-11-. The first-order valence-corrected chi connectivity index (χ1v) is 6.91. The summed E-state index contributed by atoms with van der Waals surface area (Å²) < 4.78 is 5.33. The van der Waals surface area contributed by atoms with Gasteiger partial charge in [0.25, 0.3) is 0 Å². The summed E-state index contributed by atoms with van der Waals surface area (Å²) in [5.74, 6) is -0.530. The van der Waals surface area contributed by atoms with Gasteiger partial charge in [0.15, 0.2) is 0 Å². The second kappa shape index (κ2) is 7.28. The van der Waals surface area contributed by atoms with Gasteiger partial charge in [-0.1, -0.05) is 48.7 Å². The summed E-state index contributed by atoms with van der Waals surface area (Å²) in [6.07, 6.45) is 0. The molecule has 0 unspecified atom stereocenters. The zero-order valence-corrected chi connectivity index (χ0v) is 12.4. The molecule has 96 valence electrons. The van der Waals surface area contributed by atoms with Crippen molar-refractivity contribution in [3.63, 3.8) is 0 Å². The Morgan fingerprint density at radius 2 is 2.06 bits per heavy atom. The van der Waals surface area contributed by atoms with Gasteiger partial charge in [-0.05, 0) is 28.4 Å². The third-order valence-corrected chi connectivity index (χ3v) is 3.81. The van der Waals surface area contributed by atoms with Crippen LogP contribution in [-0.4, -0.2) is 12.6 Å². The van der Waals surface area contributed by atoms with E-state index in [-0.39, 0.29) is 5.70 Å². The Morgan fingerprint density at radius 3 is 2.61 bits per heavy atom.